The fourth-order valence-corrected chi connectivity index (χ4v) is 5.06. The number of nitrogens with zero attached hydrogens (tertiary/aromatic N) is 4. The van der Waals surface area contributed by atoms with Crippen LogP contribution in [0.25, 0.3) is 0 Å². The van der Waals surface area contributed by atoms with Crippen molar-refractivity contribution >= 4 is 39.5 Å². The maximum Gasteiger partial charge on any atom is 0.410 e. The van der Waals surface area contributed by atoms with Crippen molar-refractivity contribution < 1.29 is 24.0 Å². The Kier molecular flexibility index (Phi) is 10.1. The van der Waals surface area contributed by atoms with Gasteiger partial charge in [-0.2, -0.15) is 0 Å². The van der Waals surface area contributed by atoms with E-state index in [9.17, 15) is 14.7 Å². The average molecular weight is 594 g/mol. The van der Waals surface area contributed by atoms with E-state index < -0.39 is 6.09 Å². The lowest BCUT2D eigenvalue weighted by atomic mass is 10.0. The number of rotatable bonds is 10. The molecule has 0 unspecified atom stereocenters. The van der Waals surface area contributed by atoms with Crippen LogP contribution in [-0.4, -0.2) is 49.0 Å². The second-order valence-electron chi connectivity index (χ2n) is 9.35. The second kappa shape index (κ2) is 13.9. The Bertz CT molecular complexity index is 1320. The molecule has 0 atom stereocenters. The van der Waals surface area contributed by atoms with E-state index in [0.717, 1.165) is 29.4 Å². The number of aryl methyl sites for hydroxylation is 1. The van der Waals surface area contributed by atoms with Crippen LogP contribution >= 0.6 is 15.9 Å². The minimum absolute atomic E-state index is 0.0273. The lowest BCUT2D eigenvalue weighted by molar-refractivity contribution is -0.697. The number of pyridine rings is 1. The number of fused-ring (bicyclic) bond motifs is 1. The molecule has 1 aliphatic heterocycles. The highest BCUT2D eigenvalue weighted by atomic mass is 79.9. The lowest BCUT2D eigenvalue weighted by Gasteiger charge is -2.28. The average Bonchev–Trinajstić information content (AvgIpc) is 2.95. The zero-order chi connectivity index (χ0) is 27.6. The maximum atomic E-state index is 13.5. The number of anilines is 1. The third kappa shape index (κ3) is 7.89. The Morgan fingerprint density at radius 2 is 1.85 bits per heavy atom. The van der Waals surface area contributed by atoms with Crippen LogP contribution in [0.1, 0.15) is 41.3 Å². The van der Waals surface area contributed by atoms with Gasteiger partial charge in [-0.05, 0) is 64.0 Å². The van der Waals surface area contributed by atoms with Crippen molar-refractivity contribution in [3.8, 4) is 0 Å². The van der Waals surface area contributed by atoms with Crippen LogP contribution in [0, 0.1) is 0 Å². The normalized spacial score (nSPS) is 13.1. The van der Waals surface area contributed by atoms with E-state index in [4.69, 9.17) is 4.74 Å². The van der Waals surface area contributed by atoms with Gasteiger partial charge < -0.3 is 24.6 Å². The van der Waals surface area contributed by atoms with Gasteiger partial charge in [0.15, 0.2) is 12.4 Å². The van der Waals surface area contributed by atoms with E-state index >= 15 is 0 Å². The maximum absolute atomic E-state index is 13.5. The molecule has 204 valence electrons. The van der Waals surface area contributed by atoms with E-state index in [1.165, 1.54) is 5.56 Å². The summed E-state index contributed by atoms with van der Waals surface area (Å²) in [5.41, 5.74) is 3.61. The van der Waals surface area contributed by atoms with Crippen molar-refractivity contribution in [2.24, 2.45) is 4.99 Å². The molecule has 39 heavy (non-hydrogen) atoms. The molecular weight excluding hydrogens is 560 g/mol. The molecule has 1 aliphatic rings. The first-order valence-electron chi connectivity index (χ1n) is 13.2. The number of carbonyl (C=O) groups is 2. The first-order chi connectivity index (χ1) is 18.9. The molecule has 0 spiro atoms. The number of aliphatic imine (C=N–C) groups is 1. The molecule has 0 N–H and O–H groups in total. The molecule has 8 nitrogen and oxygen atoms in total. The number of ether oxygens (including phenoxy) is 1. The van der Waals surface area contributed by atoms with Crippen molar-refractivity contribution in [2.45, 2.75) is 39.3 Å². The van der Waals surface area contributed by atoms with Gasteiger partial charge in [-0.15, -0.1) is 0 Å². The van der Waals surface area contributed by atoms with Crippen molar-refractivity contribution in [2.75, 3.05) is 31.1 Å². The van der Waals surface area contributed by atoms with Crippen LogP contribution in [0.4, 0.5) is 10.5 Å². The van der Waals surface area contributed by atoms with Gasteiger partial charge in [0, 0.05) is 31.7 Å². The van der Waals surface area contributed by atoms with Crippen LogP contribution in [0.15, 0.2) is 82.5 Å². The smallest absolute Gasteiger partial charge is 0.410 e. The number of para-hydroxylation sites is 1. The van der Waals surface area contributed by atoms with Gasteiger partial charge >= 0.3 is 6.09 Å². The molecule has 0 bridgehead atoms. The summed E-state index contributed by atoms with van der Waals surface area (Å²) in [6, 6.07) is 19.1. The molecule has 2 amide bonds. The van der Waals surface area contributed by atoms with Crippen LogP contribution in [0.3, 0.4) is 0 Å². The molecule has 2 heterocycles. The summed E-state index contributed by atoms with van der Waals surface area (Å²) in [4.78, 5) is 33.3. The zero-order valence-electron chi connectivity index (χ0n) is 22.1. The van der Waals surface area contributed by atoms with Gasteiger partial charge in [0.25, 0.3) is 5.91 Å². The summed E-state index contributed by atoms with van der Waals surface area (Å²) in [6.45, 7) is 4.28. The van der Waals surface area contributed by atoms with Crippen molar-refractivity contribution in [1.29, 1.82) is 0 Å². The van der Waals surface area contributed by atoms with Crippen LogP contribution in [-0.2, 0) is 24.2 Å². The number of hydrogen-bond donors (Lipinski definition) is 0. The van der Waals surface area contributed by atoms with E-state index in [0.29, 0.717) is 24.3 Å². The molecule has 0 saturated carbocycles. The van der Waals surface area contributed by atoms with E-state index in [-0.39, 0.29) is 37.9 Å². The second-order valence-corrected chi connectivity index (χ2v) is 10.3. The molecular formula is C30H33BrN4O4. The summed E-state index contributed by atoms with van der Waals surface area (Å²) in [5, 5.41) is 12.5. The summed E-state index contributed by atoms with van der Waals surface area (Å²) in [5.74, 6) is -0.542. The quantitative estimate of drug-likeness (QED) is 0.153. The first kappa shape index (κ1) is 28.3. The number of aromatic nitrogens is 1. The molecule has 1 aromatic heterocycles. The first-order valence-corrected chi connectivity index (χ1v) is 14.0. The lowest BCUT2D eigenvalue weighted by Crippen LogP contribution is -2.38. The highest BCUT2D eigenvalue weighted by molar-refractivity contribution is 9.10. The molecule has 0 radical (unpaired) electrons. The SMILES string of the molecule is CCC[n+]1cc(Br)cc(C(=O)N(CCC([O-])=NCCOC(=O)N2CCc3ccccc3C2)c2ccccc2)c1. The number of benzene rings is 2. The van der Waals surface area contributed by atoms with Crippen molar-refractivity contribution in [3.05, 3.63) is 94.2 Å². The van der Waals surface area contributed by atoms with Gasteiger partial charge in [0.1, 0.15) is 18.7 Å². The Morgan fingerprint density at radius 1 is 1.10 bits per heavy atom. The van der Waals surface area contributed by atoms with Gasteiger partial charge in [0.05, 0.1) is 11.0 Å². The Morgan fingerprint density at radius 3 is 2.62 bits per heavy atom. The number of carbonyl (C=O) groups excluding carboxylic acids is 2. The van der Waals surface area contributed by atoms with E-state index in [1.54, 1.807) is 15.9 Å². The number of halogens is 1. The molecule has 2 aromatic carbocycles. The summed E-state index contributed by atoms with van der Waals surface area (Å²) in [6.07, 6.45) is 5.15. The van der Waals surface area contributed by atoms with Gasteiger partial charge in [0.2, 0.25) is 0 Å². The predicted molar refractivity (Wildman–Crippen MR) is 152 cm³/mol. The van der Waals surface area contributed by atoms with Crippen molar-refractivity contribution in [1.82, 2.24) is 4.90 Å². The summed E-state index contributed by atoms with van der Waals surface area (Å²) in [7, 11) is 0. The molecule has 0 saturated heterocycles. The largest absolute Gasteiger partial charge is 0.862 e. The Labute approximate surface area is 237 Å². The fourth-order valence-electron chi connectivity index (χ4n) is 4.55. The molecule has 0 fully saturated rings. The summed E-state index contributed by atoms with van der Waals surface area (Å²) < 4.78 is 8.14. The predicted octanol–water partition coefficient (Wildman–Crippen LogP) is 4.14. The number of hydrogen-bond acceptors (Lipinski definition) is 5. The van der Waals surface area contributed by atoms with Crippen LogP contribution in [0.2, 0.25) is 0 Å². The minimum atomic E-state index is -0.401. The molecule has 0 aliphatic carbocycles. The van der Waals surface area contributed by atoms with E-state index in [2.05, 4.69) is 33.9 Å². The van der Waals surface area contributed by atoms with Gasteiger partial charge in [-0.1, -0.05) is 49.4 Å². The summed E-state index contributed by atoms with van der Waals surface area (Å²) >= 11 is 3.50. The van der Waals surface area contributed by atoms with Crippen LogP contribution in [0.5, 0.6) is 0 Å². The molecule has 4 rings (SSSR count). The molecule has 3 aromatic rings. The van der Waals surface area contributed by atoms with Crippen molar-refractivity contribution in [3.63, 3.8) is 0 Å². The third-order valence-corrected chi connectivity index (χ3v) is 6.91. The van der Waals surface area contributed by atoms with Gasteiger partial charge in [-0.3, -0.25) is 4.79 Å². The third-order valence-electron chi connectivity index (χ3n) is 6.47. The van der Waals surface area contributed by atoms with Crippen LogP contribution < -0.4 is 14.6 Å². The highest BCUT2D eigenvalue weighted by Crippen LogP contribution is 2.20. The van der Waals surface area contributed by atoms with E-state index in [1.807, 2.05) is 65.5 Å². The molecule has 9 heteroatoms. The fraction of sp³-hybridized carbons (Fsp3) is 0.333. The topological polar surface area (TPSA) is 89.1 Å². The number of amides is 2. The minimum Gasteiger partial charge on any atom is -0.862 e. The highest BCUT2D eigenvalue weighted by Gasteiger charge is 2.22. The zero-order valence-corrected chi connectivity index (χ0v) is 23.7. The Balaban J connectivity index is 1.32. The monoisotopic (exact) mass is 592 g/mol. The Hall–Kier alpha value is -3.72. The standard InChI is InChI=1S/C30H33BrN4O4/c1-2-15-33-20-25(19-26(31)22-33)29(37)35(27-10-4-3-5-11-27)17-13-28(36)32-14-18-39-30(38)34-16-12-23-8-6-7-9-24(23)21-34/h3-11,19-20,22H,2,12-18,21H2,1H3. The van der Waals surface area contributed by atoms with Gasteiger partial charge in [-0.25, -0.2) is 9.36 Å².